The Morgan fingerprint density at radius 1 is 1.00 bits per heavy atom. The van der Waals surface area contributed by atoms with E-state index in [2.05, 4.69) is 43.6 Å². The third-order valence-electron chi connectivity index (χ3n) is 14.4. The molecule has 0 unspecified atom stereocenters. The fourth-order valence-corrected chi connectivity index (χ4v) is 11.8. The van der Waals surface area contributed by atoms with Gasteiger partial charge in [-0.3, -0.25) is 19.7 Å². The SMILES string of the molecule is C[C@@H]1CC[C@@]2(NC1)O[C@H]1C[C@H]3[C@@H]4CC[C@H]5C[C@H](NC(=O)CC(=O)NCCc6ccc(O)cc6)CC[C@]5(C)[C@H]4CC(=O)[C@]3(C)[C@H]1[C@@H]2C. The molecular formula is C38H55N3O5. The number of hydrogen-bond acceptors (Lipinski definition) is 6. The van der Waals surface area contributed by atoms with Gasteiger partial charge < -0.3 is 20.5 Å². The first-order chi connectivity index (χ1) is 21.9. The lowest BCUT2D eigenvalue weighted by molar-refractivity contribution is -0.160. The molecular weight excluding hydrogens is 578 g/mol. The first-order valence-electron chi connectivity index (χ1n) is 18.2. The van der Waals surface area contributed by atoms with Crippen LogP contribution in [0.4, 0.5) is 0 Å². The molecule has 46 heavy (non-hydrogen) atoms. The Kier molecular flexibility index (Phi) is 8.31. The van der Waals surface area contributed by atoms with Crippen molar-refractivity contribution in [3.05, 3.63) is 29.8 Å². The normalized spacial score (nSPS) is 44.5. The maximum atomic E-state index is 14.4. The monoisotopic (exact) mass is 633 g/mol. The van der Waals surface area contributed by atoms with Gasteiger partial charge in [0.2, 0.25) is 11.8 Å². The van der Waals surface area contributed by atoms with Crippen molar-refractivity contribution in [2.24, 2.45) is 52.3 Å². The van der Waals surface area contributed by atoms with Crippen molar-refractivity contribution in [3.63, 3.8) is 0 Å². The molecule has 6 fully saturated rings. The Bertz CT molecular complexity index is 1340. The van der Waals surface area contributed by atoms with Crippen molar-refractivity contribution >= 4 is 17.6 Å². The van der Waals surface area contributed by atoms with Crippen LogP contribution in [0.25, 0.3) is 0 Å². The Morgan fingerprint density at radius 3 is 2.52 bits per heavy atom. The van der Waals surface area contributed by atoms with Gasteiger partial charge in [0.1, 0.15) is 23.7 Å². The van der Waals surface area contributed by atoms with Crippen LogP contribution < -0.4 is 16.0 Å². The maximum absolute atomic E-state index is 14.4. The second kappa shape index (κ2) is 11.9. The Labute approximate surface area is 274 Å². The summed E-state index contributed by atoms with van der Waals surface area (Å²) in [7, 11) is 0. The molecule has 1 aromatic carbocycles. The molecule has 0 bridgehead atoms. The number of nitrogens with one attached hydrogen (secondary N) is 3. The van der Waals surface area contributed by atoms with E-state index in [1.807, 2.05) is 12.1 Å². The molecule has 8 heteroatoms. The second-order valence-electron chi connectivity index (χ2n) is 16.7. The molecule has 2 amide bonds. The molecule has 4 N–H and O–H groups in total. The van der Waals surface area contributed by atoms with Crippen LogP contribution in [-0.2, 0) is 25.5 Å². The topological polar surface area (TPSA) is 117 Å². The number of carbonyl (C=O) groups is 3. The molecule has 6 aliphatic rings. The first kappa shape index (κ1) is 32.1. The Hall–Kier alpha value is -2.45. The van der Waals surface area contributed by atoms with Crippen molar-refractivity contribution in [2.45, 2.75) is 116 Å². The molecule has 4 aliphatic carbocycles. The molecule has 7 rings (SSSR count). The smallest absolute Gasteiger partial charge is 0.229 e. The predicted molar refractivity (Wildman–Crippen MR) is 176 cm³/mol. The lowest BCUT2D eigenvalue weighted by Crippen LogP contribution is -2.60. The van der Waals surface area contributed by atoms with E-state index in [1.165, 1.54) is 6.42 Å². The van der Waals surface area contributed by atoms with E-state index >= 15 is 0 Å². The average molecular weight is 634 g/mol. The van der Waals surface area contributed by atoms with Crippen LogP contribution in [0.2, 0.25) is 0 Å². The number of fused-ring (bicyclic) bond motifs is 7. The van der Waals surface area contributed by atoms with Gasteiger partial charge in [-0.2, -0.15) is 0 Å². The van der Waals surface area contributed by atoms with E-state index in [1.54, 1.807) is 12.1 Å². The van der Waals surface area contributed by atoms with Gasteiger partial charge >= 0.3 is 0 Å². The molecule has 2 saturated heterocycles. The molecule has 1 aromatic rings. The summed E-state index contributed by atoms with van der Waals surface area (Å²) in [5.41, 5.74) is 0.580. The number of rotatable bonds is 6. The summed E-state index contributed by atoms with van der Waals surface area (Å²) < 4.78 is 6.98. The van der Waals surface area contributed by atoms with Crippen molar-refractivity contribution in [2.75, 3.05) is 13.1 Å². The van der Waals surface area contributed by atoms with Crippen LogP contribution in [0.5, 0.6) is 5.75 Å². The number of phenols is 1. The fraction of sp³-hybridized carbons (Fsp3) is 0.763. The molecule has 1 spiro atoms. The molecule has 8 nitrogen and oxygen atoms in total. The maximum Gasteiger partial charge on any atom is 0.229 e. The number of phenolic OH excluding ortho intramolecular Hbond substituents is 1. The van der Waals surface area contributed by atoms with Gasteiger partial charge in [-0.1, -0.05) is 39.8 Å². The number of ketones is 1. The molecule has 4 saturated carbocycles. The summed E-state index contributed by atoms with van der Waals surface area (Å²) in [6.45, 7) is 10.9. The number of carbonyl (C=O) groups excluding carboxylic acids is 3. The molecule has 0 radical (unpaired) electrons. The third-order valence-corrected chi connectivity index (χ3v) is 14.4. The zero-order valence-corrected chi connectivity index (χ0v) is 28.3. The number of piperidine rings is 1. The van der Waals surface area contributed by atoms with Crippen LogP contribution in [-0.4, -0.2) is 53.7 Å². The number of benzene rings is 1. The molecule has 0 aromatic heterocycles. The number of ether oxygens (including phenoxy) is 1. The first-order valence-corrected chi connectivity index (χ1v) is 18.2. The van der Waals surface area contributed by atoms with Gasteiger partial charge in [0.05, 0.1) is 6.10 Å². The van der Waals surface area contributed by atoms with Crippen LogP contribution in [0, 0.1) is 52.3 Å². The van der Waals surface area contributed by atoms with Gasteiger partial charge in [0.25, 0.3) is 0 Å². The molecule has 252 valence electrons. The van der Waals surface area contributed by atoms with Gasteiger partial charge in [-0.15, -0.1) is 0 Å². The van der Waals surface area contributed by atoms with Gasteiger partial charge in [0.15, 0.2) is 0 Å². The largest absolute Gasteiger partial charge is 0.508 e. The number of amides is 2. The minimum Gasteiger partial charge on any atom is -0.508 e. The second-order valence-corrected chi connectivity index (χ2v) is 16.7. The van der Waals surface area contributed by atoms with Gasteiger partial charge in [-0.25, -0.2) is 0 Å². The summed E-state index contributed by atoms with van der Waals surface area (Å²) in [6.07, 6.45) is 9.78. The van der Waals surface area contributed by atoms with Crippen LogP contribution in [0.3, 0.4) is 0 Å². The van der Waals surface area contributed by atoms with Crippen molar-refractivity contribution in [3.8, 4) is 5.75 Å². The van der Waals surface area contributed by atoms with E-state index in [0.29, 0.717) is 66.6 Å². The van der Waals surface area contributed by atoms with E-state index < -0.39 is 0 Å². The minimum atomic E-state index is -0.293. The van der Waals surface area contributed by atoms with E-state index in [9.17, 15) is 19.5 Å². The third kappa shape index (κ3) is 5.30. The predicted octanol–water partition coefficient (Wildman–Crippen LogP) is 5.12. The summed E-state index contributed by atoms with van der Waals surface area (Å²) in [5, 5.41) is 19.3. The van der Waals surface area contributed by atoms with Gasteiger partial charge in [0, 0.05) is 42.8 Å². The highest BCUT2D eigenvalue weighted by Crippen LogP contribution is 2.70. The highest BCUT2D eigenvalue weighted by molar-refractivity contribution is 5.97. The standard InChI is InChI=1S/C38H55N3O5/c1-22-11-15-38(40-21-22)23(2)35-31(46-38)18-30-28-10-7-25-17-26(12-14-36(25,3)29(28)19-32(43)37(30,35)4)41-34(45)20-33(44)39-16-13-24-5-8-27(42)9-6-24/h5-6,8-9,22-23,25-26,28-31,35,40,42H,7,10-21H2,1-4H3,(H,39,44)(H,41,45)/t22-,23+,25+,26-,28-,29+,30+,31+,35+,36+,37-,38-/m1/s1. The van der Waals surface area contributed by atoms with Gasteiger partial charge in [-0.05, 0) is 110 Å². The van der Waals surface area contributed by atoms with Crippen molar-refractivity contribution in [1.82, 2.24) is 16.0 Å². The van der Waals surface area contributed by atoms with Crippen LogP contribution in [0.1, 0.15) is 97.5 Å². The van der Waals surface area contributed by atoms with E-state index in [4.69, 9.17) is 4.74 Å². The lowest BCUT2D eigenvalue weighted by atomic mass is 9.44. The minimum absolute atomic E-state index is 0.0819. The molecule has 2 heterocycles. The molecule has 2 aliphatic heterocycles. The lowest BCUT2D eigenvalue weighted by Gasteiger charge is -2.60. The highest BCUT2D eigenvalue weighted by atomic mass is 16.5. The zero-order valence-electron chi connectivity index (χ0n) is 28.3. The summed E-state index contributed by atoms with van der Waals surface area (Å²) >= 11 is 0. The van der Waals surface area contributed by atoms with E-state index in [-0.39, 0.29) is 52.7 Å². The Morgan fingerprint density at radius 2 is 1.78 bits per heavy atom. The van der Waals surface area contributed by atoms with E-state index in [0.717, 1.165) is 57.1 Å². The van der Waals surface area contributed by atoms with Crippen molar-refractivity contribution < 1.29 is 24.2 Å². The summed E-state index contributed by atoms with van der Waals surface area (Å²) in [5.74, 6) is 3.40. The summed E-state index contributed by atoms with van der Waals surface area (Å²) in [6, 6.07) is 7.01. The quantitative estimate of drug-likeness (QED) is 0.323. The summed E-state index contributed by atoms with van der Waals surface area (Å²) in [4.78, 5) is 39.7. The van der Waals surface area contributed by atoms with Crippen LogP contribution in [0.15, 0.2) is 24.3 Å². The average Bonchev–Trinajstić information content (AvgIpc) is 3.47. The number of Topliss-reactive ketones (excluding diaryl/α,β-unsaturated/α-hetero) is 1. The van der Waals surface area contributed by atoms with Crippen LogP contribution >= 0.6 is 0 Å². The zero-order chi connectivity index (χ0) is 32.4. The molecule has 12 atom stereocenters. The van der Waals surface area contributed by atoms with Crippen molar-refractivity contribution in [1.29, 1.82) is 0 Å². The Balaban J connectivity index is 0.943. The number of aromatic hydroxyl groups is 1. The number of hydrogen-bond donors (Lipinski definition) is 4. The fourth-order valence-electron chi connectivity index (χ4n) is 11.8. The highest BCUT2D eigenvalue weighted by Gasteiger charge is 2.71.